The van der Waals surface area contributed by atoms with Crippen molar-refractivity contribution in [3.8, 4) is 5.75 Å². The van der Waals surface area contributed by atoms with Gasteiger partial charge < -0.3 is 36.2 Å². The van der Waals surface area contributed by atoms with Crippen LogP contribution in [0.1, 0.15) is 42.1 Å². The molecule has 0 bridgehead atoms. The Morgan fingerprint density at radius 3 is 2.56 bits per heavy atom. The third kappa shape index (κ3) is 8.17. The topological polar surface area (TPSA) is 129 Å². The fourth-order valence-corrected chi connectivity index (χ4v) is 6.10. The molecule has 2 saturated heterocycles. The smallest absolute Gasteiger partial charge is 0.270 e. The molecule has 0 aliphatic carbocycles. The number of ether oxygens (including phenoxy) is 1. The number of thioether (sulfide) groups is 1. The number of nitrogens with two attached hydrogens (primary N) is 1. The van der Waals surface area contributed by atoms with E-state index in [2.05, 4.69) is 20.9 Å². The van der Waals surface area contributed by atoms with Crippen LogP contribution in [0.15, 0.2) is 59.3 Å². The van der Waals surface area contributed by atoms with Gasteiger partial charge in [-0.2, -0.15) is 0 Å². The zero-order valence-corrected chi connectivity index (χ0v) is 24.6. The van der Waals surface area contributed by atoms with Crippen LogP contribution in [0.3, 0.4) is 0 Å². The van der Waals surface area contributed by atoms with Gasteiger partial charge in [0, 0.05) is 37.4 Å². The van der Waals surface area contributed by atoms with E-state index in [1.54, 1.807) is 24.1 Å². The molecule has 2 heterocycles. The first-order valence-electron chi connectivity index (χ1n) is 14.1. The summed E-state index contributed by atoms with van der Waals surface area (Å²) in [4.78, 5) is 42.6. The van der Waals surface area contributed by atoms with Crippen molar-refractivity contribution in [1.82, 2.24) is 20.4 Å². The summed E-state index contributed by atoms with van der Waals surface area (Å²) in [5.41, 5.74) is 8.46. The maximum atomic E-state index is 13.1. The standard InChI is InChI=1S/C30H40N6O4S/c1-3-36-29(39)25(41-30(36)26(31)28(38)34-19-21-10-12-24(40-2)13-11-21)20-33-23-9-6-8-22(18-23)27(37)32-14-7-17-35-15-4-5-16-35/h6,8-13,18,25,33H,3-5,7,14-17,19-20,31H2,1-2H3,(H,32,37)(H,34,38)/b30-26+/t25-/m1/s1. The number of carbonyl (C=O) groups excluding carboxylic acids is 3. The minimum atomic E-state index is -0.457. The molecule has 2 aliphatic rings. The molecule has 0 radical (unpaired) electrons. The minimum Gasteiger partial charge on any atom is -0.497 e. The molecule has 5 N–H and O–H groups in total. The lowest BCUT2D eigenvalue weighted by Crippen LogP contribution is -2.35. The van der Waals surface area contributed by atoms with Gasteiger partial charge in [-0.25, -0.2) is 0 Å². The van der Waals surface area contributed by atoms with Crippen molar-refractivity contribution in [2.45, 2.75) is 38.0 Å². The highest BCUT2D eigenvalue weighted by Gasteiger charge is 2.38. The second-order valence-corrected chi connectivity index (χ2v) is 11.2. The van der Waals surface area contributed by atoms with Crippen LogP contribution in [0.4, 0.5) is 5.69 Å². The lowest BCUT2D eigenvalue weighted by molar-refractivity contribution is -0.127. The van der Waals surface area contributed by atoms with Gasteiger partial charge in [0.1, 0.15) is 21.7 Å². The maximum Gasteiger partial charge on any atom is 0.270 e. The Balaban J connectivity index is 1.29. The van der Waals surface area contributed by atoms with E-state index in [1.165, 1.54) is 24.6 Å². The summed E-state index contributed by atoms with van der Waals surface area (Å²) in [6.07, 6.45) is 3.45. The van der Waals surface area contributed by atoms with Crippen molar-refractivity contribution < 1.29 is 19.1 Å². The average Bonchev–Trinajstić information content (AvgIpc) is 3.64. The number of nitrogens with zero attached hydrogens (tertiary/aromatic N) is 2. The van der Waals surface area contributed by atoms with E-state index in [0.717, 1.165) is 43.1 Å². The Kier molecular flexibility index (Phi) is 10.9. The van der Waals surface area contributed by atoms with Crippen LogP contribution < -0.4 is 26.4 Å². The number of nitrogens with one attached hydrogen (secondary N) is 3. The number of likely N-dealkylation sites (tertiary alicyclic amines) is 1. The molecule has 0 aromatic heterocycles. The Labute approximate surface area is 246 Å². The number of methoxy groups -OCH3 is 1. The molecular formula is C30H40N6O4S. The van der Waals surface area contributed by atoms with E-state index in [-0.39, 0.29) is 17.5 Å². The minimum absolute atomic E-state index is 0.0182. The SMILES string of the molecule is CCN1C(=O)[C@@H](CNc2cccc(C(=O)NCCCN3CCCC3)c2)S/C1=C(/N)C(=O)NCc1ccc(OC)cc1. The molecule has 41 heavy (non-hydrogen) atoms. The predicted octanol–water partition coefficient (Wildman–Crippen LogP) is 2.73. The van der Waals surface area contributed by atoms with Crippen molar-refractivity contribution in [2.24, 2.45) is 5.73 Å². The highest BCUT2D eigenvalue weighted by atomic mass is 32.2. The highest BCUT2D eigenvalue weighted by Crippen LogP contribution is 2.36. The van der Waals surface area contributed by atoms with Crippen LogP contribution in [0, 0.1) is 0 Å². The normalized spacial score (nSPS) is 18.3. The second-order valence-electron chi connectivity index (χ2n) is 10.1. The van der Waals surface area contributed by atoms with E-state index in [4.69, 9.17) is 10.5 Å². The first kappa shape index (κ1) is 30.3. The third-order valence-electron chi connectivity index (χ3n) is 7.20. The number of rotatable bonds is 13. The number of carbonyl (C=O) groups is 3. The first-order valence-corrected chi connectivity index (χ1v) is 15.0. The van der Waals surface area contributed by atoms with Crippen LogP contribution in [0.25, 0.3) is 0 Å². The number of benzene rings is 2. The van der Waals surface area contributed by atoms with E-state index >= 15 is 0 Å². The van der Waals surface area contributed by atoms with E-state index in [1.807, 2.05) is 43.3 Å². The van der Waals surface area contributed by atoms with Gasteiger partial charge in [-0.05, 0) is 81.7 Å². The first-order chi connectivity index (χ1) is 19.9. The molecule has 0 spiro atoms. The van der Waals surface area contributed by atoms with E-state index in [0.29, 0.717) is 36.8 Å². The molecule has 11 heteroatoms. The number of amides is 3. The summed E-state index contributed by atoms with van der Waals surface area (Å²) in [5.74, 6) is 0.0800. The van der Waals surface area contributed by atoms with Gasteiger partial charge in [0.15, 0.2) is 0 Å². The van der Waals surface area contributed by atoms with E-state index < -0.39 is 11.2 Å². The molecular weight excluding hydrogens is 540 g/mol. The van der Waals surface area contributed by atoms with Crippen LogP contribution in [-0.2, 0) is 16.1 Å². The number of anilines is 1. The van der Waals surface area contributed by atoms with Crippen LogP contribution in [0.2, 0.25) is 0 Å². The molecule has 2 fully saturated rings. The van der Waals surface area contributed by atoms with Gasteiger partial charge >= 0.3 is 0 Å². The fourth-order valence-electron chi connectivity index (χ4n) is 4.87. The summed E-state index contributed by atoms with van der Waals surface area (Å²) >= 11 is 1.28. The highest BCUT2D eigenvalue weighted by molar-refractivity contribution is 8.04. The summed E-state index contributed by atoms with van der Waals surface area (Å²) in [7, 11) is 1.60. The molecule has 2 aromatic rings. The average molecular weight is 581 g/mol. The lowest BCUT2D eigenvalue weighted by Gasteiger charge is -2.16. The van der Waals surface area contributed by atoms with Crippen molar-refractivity contribution in [2.75, 3.05) is 51.7 Å². The van der Waals surface area contributed by atoms with Crippen molar-refractivity contribution in [1.29, 1.82) is 0 Å². The van der Waals surface area contributed by atoms with Gasteiger partial charge in [0.25, 0.3) is 11.8 Å². The third-order valence-corrected chi connectivity index (χ3v) is 8.51. The summed E-state index contributed by atoms with van der Waals surface area (Å²) in [6.45, 7) is 6.83. The largest absolute Gasteiger partial charge is 0.497 e. The van der Waals surface area contributed by atoms with Crippen molar-refractivity contribution in [3.05, 3.63) is 70.4 Å². The van der Waals surface area contributed by atoms with Gasteiger partial charge in [-0.3, -0.25) is 14.4 Å². The quantitative estimate of drug-likeness (QED) is 0.210. The Bertz CT molecular complexity index is 1250. The Hall–Kier alpha value is -3.70. The maximum absolute atomic E-state index is 13.1. The molecule has 10 nitrogen and oxygen atoms in total. The molecule has 0 unspecified atom stereocenters. The zero-order chi connectivity index (χ0) is 29.2. The molecule has 220 valence electrons. The van der Waals surface area contributed by atoms with Crippen LogP contribution >= 0.6 is 11.8 Å². The monoisotopic (exact) mass is 580 g/mol. The summed E-state index contributed by atoms with van der Waals surface area (Å²) in [6, 6.07) is 14.6. The van der Waals surface area contributed by atoms with Gasteiger partial charge in [0.05, 0.1) is 7.11 Å². The summed E-state index contributed by atoms with van der Waals surface area (Å²) in [5, 5.41) is 9.10. The van der Waals surface area contributed by atoms with Crippen LogP contribution in [0.5, 0.6) is 5.75 Å². The summed E-state index contributed by atoms with van der Waals surface area (Å²) < 4.78 is 5.16. The molecule has 0 saturated carbocycles. The van der Waals surface area contributed by atoms with Crippen molar-refractivity contribution in [3.63, 3.8) is 0 Å². The van der Waals surface area contributed by atoms with Crippen molar-refractivity contribution >= 4 is 35.2 Å². The Morgan fingerprint density at radius 2 is 1.85 bits per heavy atom. The van der Waals surface area contributed by atoms with Gasteiger partial charge in [-0.15, -0.1) is 0 Å². The molecule has 2 aliphatic heterocycles. The second kappa shape index (κ2) is 14.8. The fraction of sp³-hybridized carbons (Fsp3) is 0.433. The molecule has 4 rings (SSSR count). The molecule has 1 atom stereocenters. The number of hydrogen-bond donors (Lipinski definition) is 4. The van der Waals surface area contributed by atoms with E-state index in [9.17, 15) is 14.4 Å². The number of hydrogen-bond acceptors (Lipinski definition) is 8. The van der Waals surface area contributed by atoms with Crippen LogP contribution in [-0.4, -0.2) is 79.1 Å². The van der Waals surface area contributed by atoms with Gasteiger partial charge in [0.2, 0.25) is 5.91 Å². The molecule has 2 aromatic carbocycles. The van der Waals surface area contributed by atoms with Gasteiger partial charge in [-0.1, -0.05) is 30.0 Å². The Morgan fingerprint density at radius 1 is 1.10 bits per heavy atom. The lowest BCUT2D eigenvalue weighted by atomic mass is 10.2. The zero-order valence-electron chi connectivity index (χ0n) is 23.8. The molecule has 3 amide bonds. The predicted molar refractivity (Wildman–Crippen MR) is 162 cm³/mol.